The molecule has 2 aromatic heterocycles. The molecule has 7 nitrogen and oxygen atoms in total. The third kappa shape index (κ3) is 3.33. The Balaban J connectivity index is 1.45. The van der Waals surface area contributed by atoms with Gasteiger partial charge in [0.25, 0.3) is 0 Å². The van der Waals surface area contributed by atoms with E-state index in [-0.39, 0.29) is 30.4 Å². The second kappa shape index (κ2) is 6.36. The van der Waals surface area contributed by atoms with Gasteiger partial charge in [-0.3, -0.25) is 14.4 Å². The quantitative estimate of drug-likeness (QED) is 0.876. The van der Waals surface area contributed by atoms with Gasteiger partial charge in [-0.2, -0.15) is 18.3 Å². The lowest BCUT2D eigenvalue weighted by atomic mass is 10.1. The topological polar surface area (TPSA) is 70.1 Å². The lowest BCUT2D eigenvalue weighted by Crippen LogP contribution is -2.37. The van der Waals surface area contributed by atoms with Crippen molar-refractivity contribution in [1.82, 2.24) is 29.5 Å². The van der Waals surface area contributed by atoms with Crippen molar-refractivity contribution in [3.63, 3.8) is 0 Å². The van der Waals surface area contributed by atoms with Crippen molar-refractivity contribution < 1.29 is 18.0 Å². The number of hydrogen-bond donors (Lipinski definition) is 1. The Hall–Kier alpha value is -2.36. The molecular weight excluding hydrogens is 361 g/mol. The van der Waals surface area contributed by atoms with Crippen molar-refractivity contribution in [2.45, 2.75) is 51.1 Å². The Morgan fingerprint density at radius 1 is 1.30 bits per heavy atom. The molecule has 2 aliphatic rings. The van der Waals surface area contributed by atoms with Crippen LogP contribution in [-0.2, 0) is 31.1 Å². The molecule has 10 heteroatoms. The zero-order chi connectivity index (χ0) is 19.3. The monoisotopic (exact) mass is 382 g/mol. The minimum absolute atomic E-state index is 0.00580. The summed E-state index contributed by atoms with van der Waals surface area (Å²) in [4.78, 5) is 22.7. The van der Waals surface area contributed by atoms with Crippen LogP contribution in [0.4, 0.5) is 13.2 Å². The van der Waals surface area contributed by atoms with Crippen LogP contribution in [0.5, 0.6) is 0 Å². The number of carbonyl (C=O) groups excluding carboxylic acids is 1. The fourth-order valence-corrected chi connectivity index (χ4v) is 4.18. The van der Waals surface area contributed by atoms with Crippen molar-refractivity contribution in [2.24, 2.45) is 7.05 Å². The molecule has 1 amide bonds. The van der Waals surface area contributed by atoms with Crippen LogP contribution in [0.15, 0.2) is 12.3 Å². The SMILES string of the molecule is Cc1cc(CN2C(=O)C[C@H]3[C@@H]2CCN3Cc2ncc(C(F)(F)F)[nH]2)n(C)n1. The summed E-state index contributed by atoms with van der Waals surface area (Å²) < 4.78 is 40.0. The second-order valence-electron chi connectivity index (χ2n) is 7.26. The van der Waals surface area contributed by atoms with E-state index in [4.69, 9.17) is 0 Å². The first-order valence-electron chi connectivity index (χ1n) is 8.86. The molecule has 0 aliphatic carbocycles. The maximum Gasteiger partial charge on any atom is 0.432 e. The number of amides is 1. The predicted molar refractivity (Wildman–Crippen MR) is 89.3 cm³/mol. The first-order valence-corrected chi connectivity index (χ1v) is 8.86. The molecule has 0 radical (unpaired) electrons. The number of hydrogen-bond acceptors (Lipinski definition) is 4. The number of carbonyl (C=O) groups is 1. The van der Waals surface area contributed by atoms with Gasteiger partial charge in [-0.15, -0.1) is 0 Å². The average Bonchev–Trinajstić information content (AvgIpc) is 3.30. The van der Waals surface area contributed by atoms with E-state index in [9.17, 15) is 18.0 Å². The third-order valence-corrected chi connectivity index (χ3v) is 5.45. The molecule has 146 valence electrons. The first kappa shape index (κ1) is 18.0. The maximum absolute atomic E-state index is 12.7. The highest BCUT2D eigenvalue weighted by Gasteiger charge is 2.47. The van der Waals surface area contributed by atoms with Crippen LogP contribution in [0, 0.1) is 6.92 Å². The van der Waals surface area contributed by atoms with Crippen LogP contribution in [0.25, 0.3) is 0 Å². The zero-order valence-corrected chi connectivity index (χ0v) is 15.1. The lowest BCUT2D eigenvalue weighted by Gasteiger charge is -2.25. The number of likely N-dealkylation sites (tertiary alicyclic amines) is 2. The number of aromatic amines is 1. The fourth-order valence-electron chi connectivity index (χ4n) is 4.18. The second-order valence-corrected chi connectivity index (χ2v) is 7.26. The van der Waals surface area contributed by atoms with Crippen molar-refractivity contribution in [1.29, 1.82) is 0 Å². The summed E-state index contributed by atoms with van der Waals surface area (Å²) in [5.41, 5.74) is 1.03. The average molecular weight is 382 g/mol. The van der Waals surface area contributed by atoms with Crippen LogP contribution >= 0.6 is 0 Å². The van der Waals surface area contributed by atoms with Crippen LogP contribution in [0.3, 0.4) is 0 Å². The van der Waals surface area contributed by atoms with E-state index in [0.717, 1.165) is 30.6 Å². The molecule has 2 saturated heterocycles. The minimum Gasteiger partial charge on any atom is -0.337 e. The third-order valence-electron chi connectivity index (χ3n) is 5.45. The Kier molecular flexibility index (Phi) is 4.25. The summed E-state index contributed by atoms with van der Waals surface area (Å²) in [5, 5.41) is 4.32. The molecular formula is C17H21F3N6O. The van der Waals surface area contributed by atoms with Crippen molar-refractivity contribution in [3.05, 3.63) is 35.2 Å². The molecule has 4 heterocycles. The predicted octanol–water partition coefficient (Wildman–Crippen LogP) is 1.85. The Bertz CT molecular complexity index is 857. The van der Waals surface area contributed by atoms with Crippen LogP contribution in [-0.4, -0.2) is 54.1 Å². The van der Waals surface area contributed by atoms with E-state index in [1.165, 1.54) is 0 Å². The number of H-pyrrole nitrogens is 1. The molecule has 0 bridgehead atoms. The maximum atomic E-state index is 12.7. The van der Waals surface area contributed by atoms with Crippen molar-refractivity contribution in [2.75, 3.05) is 6.54 Å². The van der Waals surface area contributed by atoms with Gasteiger partial charge in [0.2, 0.25) is 5.91 Å². The number of aromatic nitrogens is 4. The largest absolute Gasteiger partial charge is 0.432 e. The number of alkyl halides is 3. The number of halogens is 3. The summed E-state index contributed by atoms with van der Waals surface area (Å²) >= 11 is 0. The van der Waals surface area contributed by atoms with Crippen LogP contribution < -0.4 is 0 Å². The van der Waals surface area contributed by atoms with Gasteiger partial charge >= 0.3 is 6.18 Å². The molecule has 0 spiro atoms. The summed E-state index contributed by atoms with van der Waals surface area (Å²) in [6.07, 6.45) is -2.42. The Morgan fingerprint density at radius 3 is 2.70 bits per heavy atom. The highest BCUT2D eigenvalue weighted by Crippen LogP contribution is 2.34. The number of nitrogens with one attached hydrogen (secondary N) is 1. The standard InChI is InChI=1S/C17H21F3N6O/c1-10-5-11(24(2)23-10)8-26-12-3-4-25(13(12)6-16(26)27)9-15-21-7-14(22-15)17(18,19)20/h5,7,12-13H,3-4,6,8-9H2,1-2H3,(H,21,22)/t12-,13-/m0/s1. The summed E-state index contributed by atoms with van der Waals surface area (Å²) in [6.45, 7) is 3.42. The van der Waals surface area contributed by atoms with E-state index in [1.807, 2.05) is 24.9 Å². The van der Waals surface area contributed by atoms with Gasteiger partial charge in [0.1, 0.15) is 11.5 Å². The Morgan fingerprint density at radius 2 is 2.07 bits per heavy atom. The van der Waals surface area contributed by atoms with Gasteiger partial charge in [0.05, 0.1) is 30.7 Å². The highest BCUT2D eigenvalue weighted by atomic mass is 19.4. The van der Waals surface area contributed by atoms with Crippen molar-refractivity contribution >= 4 is 5.91 Å². The van der Waals surface area contributed by atoms with Gasteiger partial charge in [-0.1, -0.05) is 0 Å². The highest BCUT2D eigenvalue weighted by molar-refractivity contribution is 5.80. The fraction of sp³-hybridized carbons (Fsp3) is 0.588. The van der Waals surface area contributed by atoms with Crippen LogP contribution in [0.1, 0.15) is 35.7 Å². The van der Waals surface area contributed by atoms with Gasteiger partial charge < -0.3 is 9.88 Å². The van der Waals surface area contributed by atoms with Crippen molar-refractivity contribution in [3.8, 4) is 0 Å². The lowest BCUT2D eigenvalue weighted by molar-refractivity contribution is -0.141. The van der Waals surface area contributed by atoms with E-state index in [0.29, 0.717) is 13.0 Å². The molecule has 2 aliphatic heterocycles. The molecule has 0 aromatic carbocycles. The van der Waals surface area contributed by atoms with Gasteiger partial charge in [-0.25, -0.2) is 4.98 Å². The molecule has 2 atom stereocenters. The van der Waals surface area contributed by atoms with E-state index in [1.54, 1.807) is 4.68 Å². The number of imidazole rings is 1. The zero-order valence-electron chi connectivity index (χ0n) is 15.1. The normalized spacial score (nSPS) is 23.4. The molecule has 2 aromatic rings. The van der Waals surface area contributed by atoms with Gasteiger partial charge in [0, 0.05) is 32.1 Å². The summed E-state index contributed by atoms with van der Waals surface area (Å²) in [6, 6.07) is 2.05. The molecule has 0 unspecified atom stereocenters. The van der Waals surface area contributed by atoms with Crippen LogP contribution in [0.2, 0.25) is 0 Å². The molecule has 0 saturated carbocycles. The smallest absolute Gasteiger partial charge is 0.337 e. The number of rotatable bonds is 4. The van der Waals surface area contributed by atoms with Gasteiger partial charge in [-0.05, 0) is 19.4 Å². The summed E-state index contributed by atoms with van der Waals surface area (Å²) in [7, 11) is 1.86. The molecule has 4 rings (SSSR count). The summed E-state index contributed by atoms with van der Waals surface area (Å²) in [5.74, 6) is 0.347. The number of aryl methyl sites for hydroxylation is 2. The van der Waals surface area contributed by atoms with E-state index < -0.39 is 11.9 Å². The van der Waals surface area contributed by atoms with E-state index in [2.05, 4.69) is 20.0 Å². The number of nitrogens with zero attached hydrogens (tertiary/aromatic N) is 5. The Labute approximate surface area is 154 Å². The first-order chi connectivity index (χ1) is 12.7. The molecule has 1 N–H and O–H groups in total. The van der Waals surface area contributed by atoms with E-state index >= 15 is 0 Å². The minimum atomic E-state index is -4.43. The molecule has 27 heavy (non-hydrogen) atoms. The molecule has 2 fully saturated rings. The number of fused-ring (bicyclic) bond motifs is 1. The van der Waals surface area contributed by atoms with Gasteiger partial charge in [0.15, 0.2) is 0 Å².